The van der Waals surface area contributed by atoms with Crippen molar-refractivity contribution in [2.24, 2.45) is 0 Å². The molecule has 1 aromatic rings. The highest BCUT2D eigenvalue weighted by Crippen LogP contribution is 2.35. The third kappa shape index (κ3) is 2.22. The average molecular weight is 246 g/mol. The van der Waals surface area contributed by atoms with Crippen LogP contribution >= 0.6 is 11.8 Å². The Bertz CT molecular complexity index is 434. The molecule has 2 nitrogen and oxygen atoms in total. The summed E-state index contributed by atoms with van der Waals surface area (Å²) in [6, 6.07) is 8.78. The summed E-state index contributed by atoms with van der Waals surface area (Å²) in [5.74, 6) is 1.11. The third-order valence-electron chi connectivity index (χ3n) is 3.52. The Labute approximate surface area is 107 Å². The smallest absolute Gasteiger partial charge is 0.0420 e. The van der Waals surface area contributed by atoms with Crippen molar-refractivity contribution in [3.63, 3.8) is 0 Å². The Kier molecular flexibility index (Phi) is 3.12. The third-order valence-corrected chi connectivity index (χ3v) is 4.52. The molecule has 1 saturated heterocycles. The molecule has 0 atom stereocenters. The van der Waals surface area contributed by atoms with Crippen LogP contribution in [0.2, 0.25) is 0 Å². The second kappa shape index (κ2) is 4.75. The molecule has 0 N–H and O–H groups in total. The highest BCUT2D eigenvalue weighted by molar-refractivity contribution is 7.99. The van der Waals surface area contributed by atoms with Gasteiger partial charge in [-0.25, -0.2) is 0 Å². The van der Waals surface area contributed by atoms with Crippen LogP contribution in [0.25, 0.3) is 5.70 Å². The van der Waals surface area contributed by atoms with Crippen LogP contribution in [-0.2, 0) is 0 Å². The van der Waals surface area contributed by atoms with Gasteiger partial charge in [0.05, 0.1) is 0 Å². The van der Waals surface area contributed by atoms with Gasteiger partial charge in [-0.05, 0) is 13.1 Å². The maximum Gasteiger partial charge on any atom is 0.0420 e. The normalized spacial score (nSPS) is 21.0. The predicted octanol–water partition coefficient (Wildman–Crippen LogP) is 2.38. The Balaban J connectivity index is 1.86. The average Bonchev–Trinajstić information content (AvgIpc) is 2.39. The predicted molar refractivity (Wildman–Crippen MR) is 74.2 cm³/mol. The molecule has 0 saturated carbocycles. The van der Waals surface area contributed by atoms with Gasteiger partial charge in [-0.15, -0.1) is 11.8 Å². The lowest BCUT2D eigenvalue weighted by Gasteiger charge is -2.37. The molecule has 3 heteroatoms. The van der Waals surface area contributed by atoms with Gasteiger partial charge in [-0.1, -0.05) is 24.3 Å². The van der Waals surface area contributed by atoms with Gasteiger partial charge in [-0.2, -0.15) is 0 Å². The maximum atomic E-state index is 2.54. The van der Waals surface area contributed by atoms with Crippen molar-refractivity contribution in [2.45, 2.75) is 4.90 Å². The summed E-state index contributed by atoms with van der Waals surface area (Å²) in [5.41, 5.74) is 2.88. The second-order valence-corrected chi connectivity index (χ2v) is 5.75. The minimum atomic E-state index is 1.11. The number of thioether (sulfide) groups is 1. The maximum absolute atomic E-state index is 2.54. The standard InChI is InChI=1S/C14H18N2S/c1-15-7-9-16(10-8-15)13-6-11-17-14-5-3-2-4-12(13)14/h2-6H,7-11H2,1H3. The molecule has 0 unspecified atom stereocenters. The summed E-state index contributed by atoms with van der Waals surface area (Å²) in [4.78, 5) is 6.38. The largest absolute Gasteiger partial charge is 0.369 e. The molecule has 2 aliphatic rings. The van der Waals surface area contributed by atoms with Crippen molar-refractivity contribution in [3.05, 3.63) is 35.9 Å². The van der Waals surface area contributed by atoms with Gasteiger partial charge >= 0.3 is 0 Å². The van der Waals surface area contributed by atoms with Crippen LogP contribution in [0, 0.1) is 0 Å². The Morgan fingerprint density at radius 1 is 1.06 bits per heavy atom. The fraction of sp³-hybridized carbons (Fsp3) is 0.429. The van der Waals surface area contributed by atoms with Gasteiger partial charge in [0.15, 0.2) is 0 Å². The van der Waals surface area contributed by atoms with Gasteiger partial charge in [0.1, 0.15) is 0 Å². The zero-order valence-corrected chi connectivity index (χ0v) is 11.0. The Hall–Kier alpha value is -0.930. The molecule has 1 aromatic carbocycles. The summed E-state index contributed by atoms with van der Waals surface area (Å²) < 4.78 is 0. The fourth-order valence-electron chi connectivity index (χ4n) is 2.47. The molecular weight excluding hydrogens is 228 g/mol. The van der Waals surface area contributed by atoms with Crippen LogP contribution in [0.15, 0.2) is 35.2 Å². The summed E-state index contributed by atoms with van der Waals surface area (Å²) in [5, 5.41) is 0. The van der Waals surface area contributed by atoms with Crippen LogP contribution < -0.4 is 0 Å². The SMILES string of the molecule is CN1CCN(C2=CCSc3ccccc32)CC1. The van der Waals surface area contributed by atoms with E-state index in [1.807, 2.05) is 11.8 Å². The van der Waals surface area contributed by atoms with E-state index in [-0.39, 0.29) is 0 Å². The zero-order valence-electron chi connectivity index (χ0n) is 10.2. The minimum Gasteiger partial charge on any atom is -0.369 e. The molecule has 2 heterocycles. The van der Waals surface area contributed by atoms with Crippen LogP contribution in [0.4, 0.5) is 0 Å². The first-order chi connectivity index (χ1) is 8.34. The molecule has 17 heavy (non-hydrogen) atoms. The van der Waals surface area contributed by atoms with E-state index in [0.717, 1.165) is 18.8 Å². The van der Waals surface area contributed by atoms with Crippen LogP contribution in [0.3, 0.4) is 0 Å². The lowest BCUT2D eigenvalue weighted by molar-refractivity contribution is 0.207. The molecule has 0 aliphatic carbocycles. The molecule has 0 spiro atoms. The molecule has 0 aromatic heterocycles. The van der Waals surface area contributed by atoms with Crippen molar-refractivity contribution < 1.29 is 0 Å². The number of hydrogen-bond acceptors (Lipinski definition) is 3. The lowest BCUT2D eigenvalue weighted by Crippen LogP contribution is -2.43. The van der Waals surface area contributed by atoms with Gasteiger partial charge in [0.2, 0.25) is 0 Å². The van der Waals surface area contributed by atoms with Crippen molar-refractivity contribution in [3.8, 4) is 0 Å². The van der Waals surface area contributed by atoms with E-state index in [1.54, 1.807) is 0 Å². The van der Waals surface area contributed by atoms with Crippen molar-refractivity contribution in [2.75, 3.05) is 39.0 Å². The molecular formula is C14H18N2S. The highest BCUT2D eigenvalue weighted by Gasteiger charge is 2.21. The monoisotopic (exact) mass is 246 g/mol. The quantitative estimate of drug-likeness (QED) is 0.751. The van der Waals surface area contributed by atoms with Gasteiger partial charge in [0, 0.05) is 48.1 Å². The Morgan fingerprint density at radius 3 is 2.65 bits per heavy atom. The molecule has 1 fully saturated rings. The molecule has 0 radical (unpaired) electrons. The molecule has 0 bridgehead atoms. The molecule has 3 rings (SSSR count). The number of nitrogens with zero attached hydrogens (tertiary/aromatic N) is 2. The van der Waals surface area contributed by atoms with E-state index >= 15 is 0 Å². The molecule has 90 valence electrons. The van der Waals surface area contributed by atoms with Crippen LogP contribution in [0.5, 0.6) is 0 Å². The topological polar surface area (TPSA) is 6.48 Å². The summed E-state index contributed by atoms with van der Waals surface area (Å²) >= 11 is 1.94. The van der Waals surface area contributed by atoms with Gasteiger partial charge in [-0.3, -0.25) is 0 Å². The number of rotatable bonds is 1. The van der Waals surface area contributed by atoms with Crippen LogP contribution in [0.1, 0.15) is 5.56 Å². The lowest BCUT2D eigenvalue weighted by atomic mass is 10.1. The van der Waals surface area contributed by atoms with Gasteiger partial charge < -0.3 is 9.80 Å². The Morgan fingerprint density at radius 2 is 1.82 bits per heavy atom. The van der Waals surface area contributed by atoms with E-state index in [4.69, 9.17) is 0 Å². The fourth-order valence-corrected chi connectivity index (χ4v) is 3.39. The number of likely N-dealkylation sites (N-methyl/N-ethyl adjacent to an activating group) is 1. The highest BCUT2D eigenvalue weighted by atomic mass is 32.2. The second-order valence-electron chi connectivity index (χ2n) is 4.69. The number of hydrogen-bond donors (Lipinski definition) is 0. The van der Waals surface area contributed by atoms with Crippen molar-refractivity contribution in [1.82, 2.24) is 9.80 Å². The van der Waals surface area contributed by atoms with Crippen molar-refractivity contribution >= 4 is 17.5 Å². The zero-order chi connectivity index (χ0) is 11.7. The van der Waals surface area contributed by atoms with E-state index in [0.29, 0.717) is 0 Å². The number of benzene rings is 1. The van der Waals surface area contributed by atoms with E-state index < -0.39 is 0 Å². The first kappa shape index (κ1) is 11.2. The first-order valence-corrected chi connectivity index (χ1v) is 7.19. The molecule has 0 amide bonds. The van der Waals surface area contributed by atoms with Gasteiger partial charge in [0.25, 0.3) is 0 Å². The summed E-state index contributed by atoms with van der Waals surface area (Å²) in [7, 11) is 2.20. The van der Waals surface area contributed by atoms with E-state index in [2.05, 4.69) is 47.2 Å². The minimum absolute atomic E-state index is 1.11. The van der Waals surface area contributed by atoms with Crippen molar-refractivity contribution in [1.29, 1.82) is 0 Å². The number of piperazine rings is 1. The summed E-state index contributed by atoms with van der Waals surface area (Å²) in [6.45, 7) is 4.65. The van der Waals surface area contributed by atoms with E-state index in [1.165, 1.54) is 29.2 Å². The number of fused-ring (bicyclic) bond motifs is 1. The molecule has 2 aliphatic heterocycles. The first-order valence-electron chi connectivity index (χ1n) is 6.20. The summed E-state index contributed by atoms with van der Waals surface area (Å²) in [6.07, 6.45) is 2.39. The van der Waals surface area contributed by atoms with Crippen LogP contribution in [-0.4, -0.2) is 48.8 Å². The van der Waals surface area contributed by atoms with E-state index in [9.17, 15) is 0 Å².